The van der Waals surface area contributed by atoms with Gasteiger partial charge in [-0.2, -0.15) is 0 Å². The lowest BCUT2D eigenvalue weighted by Gasteiger charge is -2.06. The highest BCUT2D eigenvalue weighted by Gasteiger charge is 1.99. The van der Waals surface area contributed by atoms with E-state index in [0.29, 0.717) is 12.1 Å². The van der Waals surface area contributed by atoms with E-state index in [1.165, 1.54) is 0 Å². The summed E-state index contributed by atoms with van der Waals surface area (Å²) in [5.41, 5.74) is 1.66. The summed E-state index contributed by atoms with van der Waals surface area (Å²) in [7, 11) is 0. The van der Waals surface area contributed by atoms with Crippen LogP contribution >= 0.6 is 0 Å². The molecule has 0 bridgehead atoms. The van der Waals surface area contributed by atoms with E-state index in [1.807, 2.05) is 18.3 Å². The van der Waals surface area contributed by atoms with E-state index in [4.69, 9.17) is 0 Å². The third-order valence-corrected chi connectivity index (χ3v) is 2.78. The van der Waals surface area contributed by atoms with Gasteiger partial charge < -0.3 is 5.32 Å². The molecule has 4 nitrogen and oxygen atoms in total. The zero-order valence-electron chi connectivity index (χ0n) is 10.4. The molecule has 1 N–H and O–H groups in total. The zero-order chi connectivity index (χ0) is 12.8. The highest BCUT2D eigenvalue weighted by molar-refractivity contribution is 5.23. The molecule has 0 saturated heterocycles. The summed E-state index contributed by atoms with van der Waals surface area (Å²) in [6.07, 6.45) is 4.48. The van der Waals surface area contributed by atoms with E-state index in [2.05, 4.69) is 15.6 Å². The molecule has 96 valence electrons. The van der Waals surface area contributed by atoms with Gasteiger partial charge in [0.25, 0.3) is 0 Å². The van der Waals surface area contributed by atoms with E-state index in [9.17, 15) is 4.39 Å². The Balaban J connectivity index is 1.67. The maximum atomic E-state index is 13.3. The Morgan fingerprint density at radius 2 is 2.28 bits per heavy atom. The fourth-order valence-electron chi connectivity index (χ4n) is 1.70. The van der Waals surface area contributed by atoms with Gasteiger partial charge in [0.15, 0.2) is 0 Å². The molecule has 1 aromatic carbocycles. The number of nitrogens with zero attached hydrogens (tertiary/aromatic N) is 3. The summed E-state index contributed by atoms with van der Waals surface area (Å²) >= 11 is 0. The van der Waals surface area contributed by atoms with Crippen molar-refractivity contribution in [1.29, 1.82) is 0 Å². The van der Waals surface area contributed by atoms with Crippen molar-refractivity contribution in [2.45, 2.75) is 26.4 Å². The van der Waals surface area contributed by atoms with Gasteiger partial charge in [0.2, 0.25) is 0 Å². The van der Waals surface area contributed by atoms with Crippen LogP contribution in [0.2, 0.25) is 0 Å². The first-order valence-electron chi connectivity index (χ1n) is 6.05. The lowest BCUT2D eigenvalue weighted by Crippen LogP contribution is -2.16. The molecular weight excluding hydrogens is 231 g/mol. The van der Waals surface area contributed by atoms with Crippen LogP contribution in [0.3, 0.4) is 0 Å². The first kappa shape index (κ1) is 12.7. The SMILES string of the molecule is Cc1ccc(CNCCCn2ccnn2)cc1F. The van der Waals surface area contributed by atoms with Gasteiger partial charge in [-0.15, -0.1) is 5.10 Å². The van der Waals surface area contributed by atoms with E-state index in [-0.39, 0.29) is 5.82 Å². The van der Waals surface area contributed by atoms with Gasteiger partial charge >= 0.3 is 0 Å². The number of aryl methyl sites for hydroxylation is 2. The second-order valence-corrected chi connectivity index (χ2v) is 4.28. The molecule has 2 aromatic rings. The Labute approximate surface area is 106 Å². The summed E-state index contributed by atoms with van der Waals surface area (Å²) < 4.78 is 15.1. The number of rotatable bonds is 6. The molecule has 0 atom stereocenters. The Bertz CT molecular complexity index is 482. The lowest BCUT2D eigenvalue weighted by atomic mass is 10.1. The van der Waals surface area contributed by atoms with Gasteiger partial charge in [0.1, 0.15) is 5.82 Å². The van der Waals surface area contributed by atoms with Gasteiger partial charge in [-0.05, 0) is 37.1 Å². The van der Waals surface area contributed by atoms with Gasteiger partial charge in [-0.25, -0.2) is 4.39 Å². The van der Waals surface area contributed by atoms with E-state index in [1.54, 1.807) is 23.9 Å². The van der Waals surface area contributed by atoms with Gasteiger partial charge in [-0.1, -0.05) is 17.3 Å². The van der Waals surface area contributed by atoms with Crippen LogP contribution in [0.4, 0.5) is 4.39 Å². The quantitative estimate of drug-likeness (QED) is 0.794. The number of hydrogen-bond acceptors (Lipinski definition) is 3. The predicted molar refractivity (Wildman–Crippen MR) is 67.5 cm³/mol. The zero-order valence-corrected chi connectivity index (χ0v) is 10.4. The number of nitrogens with one attached hydrogen (secondary N) is 1. The third kappa shape index (κ3) is 3.63. The molecule has 0 amide bonds. The van der Waals surface area contributed by atoms with Crippen LogP contribution in [0.25, 0.3) is 0 Å². The minimum Gasteiger partial charge on any atom is -0.313 e. The molecule has 0 aliphatic heterocycles. The molecule has 0 aliphatic carbocycles. The molecule has 0 aliphatic rings. The summed E-state index contributed by atoms with van der Waals surface area (Å²) in [5, 5.41) is 10.9. The maximum Gasteiger partial charge on any atom is 0.126 e. The van der Waals surface area contributed by atoms with Crippen LogP contribution in [-0.2, 0) is 13.1 Å². The first-order chi connectivity index (χ1) is 8.75. The van der Waals surface area contributed by atoms with Crippen molar-refractivity contribution >= 4 is 0 Å². The minimum atomic E-state index is -0.142. The highest BCUT2D eigenvalue weighted by atomic mass is 19.1. The fraction of sp³-hybridized carbons (Fsp3) is 0.385. The van der Waals surface area contributed by atoms with E-state index < -0.39 is 0 Å². The standard InChI is InChI=1S/C13H17FN4/c1-11-3-4-12(9-13(11)14)10-15-5-2-7-18-8-6-16-17-18/h3-4,6,8-9,15H,2,5,7,10H2,1H3. The highest BCUT2D eigenvalue weighted by Crippen LogP contribution is 2.08. The Kier molecular flexibility index (Phi) is 4.41. The van der Waals surface area contributed by atoms with Crippen LogP contribution in [0, 0.1) is 12.7 Å². The smallest absolute Gasteiger partial charge is 0.126 e. The average molecular weight is 248 g/mol. The molecule has 5 heteroatoms. The van der Waals surface area contributed by atoms with Gasteiger partial charge in [0, 0.05) is 19.3 Å². The summed E-state index contributed by atoms with van der Waals surface area (Å²) in [5.74, 6) is -0.142. The third-order valence-electron chi connectivity index (χ3n) is 2.78. The summed E-state index contributed by atoms with van der Waals surface area (Å²) in [4.78, 5) is 0. The maximum absolute atomic E-state index is 13.3. The molecule has 0 saturated carbocycles. The van der Waals surface area contributed by atoms with Crippen LogP contribution in [0.15, 0.2) is 30.6 Å². The normalized spacial score (nSPS) is 10.8. The second kappa shape index (κ2) is 6.26. The van der Waals surface area contributed by atoms with Crippen LogP contribution in [0.5, 0.6) is 0 Å². The fourth-order valence-corrected chi connectivity index (χ4v) is 1.70. The van der Waals surface area contributed by atoms with Crippen LogP contribution in [-0.4, -0.2) is 21.5 Å². The van der Waals surface area contributed by atoms with E-state index >= 15 is 0 Å². The molecule has 18 heavy (non-hydrogen) atoms. The topological polar surface area (TPSA) is 42.7 Å². The second-order valence-electron chi connectivity index (χ2n) is 4.28. The van der Waals surface area contributed by atoms with Crippen molar-refractivity contribution in [2.75, 3.05) is 6.54 Å². The molecular formula is C13H17FN4. The molecule has 1 aromatic heterocycles. The van der Waals surface area contributed by atoms with Crippen molar-refractivity contribution in [3.05, 3.63) is 47.5 Å². The van der Waals surface area contributed by atoms with Crippen molar-refractivity contribution in [3.8, 4) is 0 Å². The molecule has 0 radical (unpaired) electrons. The number of aromatic nitrogens is 3. The Morgan fingerprint density at radius 1 is 1.39 bits per heavy atom. The molecule has 0 fully saturated rings. The van der Waals surface area contributed by atoms with Crippen molar-refractivity contribution in [1.82, 2.24) is 20.3 Å². The summed E-state index contributed by atoms with van der Waals surface area (Å²) in [6, 6.07) is 5.34. The van der Waals surface area contributed by atoms with Gasteiger partial charge in [-0.3, -0.25) is 4.68 Å². The Hall–Kier alpha value is -1.75. The first-order valence-corrected chi connectivity index (χ1v) is 6.05. The molecule has 0 unspecified atom stereocenters. The molecule has 2 rings (SSSR count). The van der Waals surface area contributed by atoms with Gasteiger partial charge in [0.05, 0.1) is 6.20 Å². The number of halogens is 1. The van der Waals surface area contributed by atoms with Crippen molar-refractivity contribution < 1.29 is 4.39 Å². The van der Waals surface area contributed by atoms with Crippen molar-refractivity contribution in [3.63, 3.8) is 0 Å². The average Bonchev–Trinajstić information content (AvgIpc) is 2.86. The van der Waals surface area contributed by atoms with E-state index in [0.717, 1.165) is 25.1 Å². The van der Waals surface area contributed by atoms with Crippen LogP contribution < -0.4 is 5.32 Å². The van der Waals surface area contributed by atoms with Crippen LogP contribution in [0.1, 0.15) is 17.5 Å². The molecule has 0 spiro atoms. The number of hydrogen-bond donors (Lipinski definition) is 1. The predicted octanol–water partition coefficient (Wildman–Crippen LogP) is 1.91. The minimum absolute atomic E-state index is 0.142. The largest absolute Gasteiger partial charge is 0.313 e. The summed E-state index contributed by atoms with van der Waals surface area (Å²) in [6.45, 7) is 4.17. The molecule has 1 heterocycles. The Morgan fingerprint density at radius 3 is 3.00 bits per heavy atom. The number of benzene rings is 1. The monoisotopic (exact) mass is 248 g/mol. The van der Waals surface area contributed by atoms with Crippen molar-refractivity contribution in [2.24, 2.45) is 0 Å². The lowest BCUT2D eigenvalue weighted by molar-refractivity contribution is 0.529.